The van der Waals surface area contributed by atoms with Crippen molar-refractivity contribution < 1.29 is 0 Å². The van der Waals surface area contributed by atoms with Crippen molar-refractivity contribution >= 4 is 31.6 Å². The number of hydrogen-bond donors (Lipinski definition) is 1. The van der Waals surface area contributed by atoms with Crippen LogP contribution in [0.4, 0.5) is 17.1 Å². The average molecular weight is 294 g/mol. The molecule has 4 heteroatoms. The molecule has 1 unspecified atom stereocenters. The molecule has 1 aliphatic heterocycles. The van der Waals surface area contributed by atoms with Crippen LogP contribution in [0, 0.1) is 5.41 Å². The van der Waals surface area contributed by atoms with E-state index in [1.807, 2.05) is 0 Å². The fraction of sp³-hybridized carbons (Fsp3) is 0.538. The van der Waals surface area contributed by atoms with Gasteiger partial charge in [-0.05, 0) is 0 Å². The SMILES string of the molecule is CC1(C)CCC(Nc2cccc3c2N=[Se]=N3)C1. The van der Waals surface area contributed by atoms with Crippen LogP contribution in [0.3, 0.4) is 0 Å². The summed E-state index contributed by atoms with van der Waals surface area (Å²) in [6, 6.07) is 6.85. The molecule has 0 amide bonds. The second kappa shape index (κ2) is 4.11. The van der Waals surface area contributed by atoms with Gasteiger partial charge in [0.05, 0.1) is 0 Å². The number of hydrogen-bond acceptors (Lipinski definition) is 3. The van der Waals surface area contributed by atoms with E-state index in [1.165, 1.54) is 24.9 Å². The predicted molar refractivity (Wildman–Crippen MR) is 71.4 cm³/mol. The van der Waals surface area contributed by atoms with Gasteiger partial charge in [0.1, 0.15) is 0 Å². The quantitative estimate of drug-likeness (QED) is 0.834. The molecule has 2 aliphatic rings. The molecule has 1 heterocycles. The zero-order valence-corrected chi connectivity index (χ0v) is 11.9. The number of anilines is 1. The molecule has 0 aromatic heterocycles. The maximum atomic E-state index is 4.51. The van der Waals surface area contributed by atoms with Crippen molar-refractivity contribution in [3.63, 3.8) is 0 Å². The molecule has 1 fully saturated rings. The normalized spacial score (nSPS) is 24.5. The minimum absolute atomic E-state index is 0.0645. The molecule has 1 aromatic carbocycles. The van der Waals surface area contributed by atoms with Crippen molar-refractivity contribution in [1.82, 2.24) is 0 Å². The van der Waals surface area contributed by atoms with Crippen LogP contribution in [0.2, 0.25) is 0 Å². The molecule has 0 saturated heterocycles. The Morgan fingerprint density at radius 1 is 1.35 bits per heavy atom. The van der Waals surface area contributed by atoms with Gasteiger partial charge in [0.2, 0.25) is 0 Å². The molecular formula is C13H17N3Se. The zero-order chi connectivity index (χ0) is 11.9. The number of fused-ring (bicyclic) bond motifs is 1. The molecule has 0 radical (unpaired) electrons. The Hall–Kier alpha value is -0.861. The Kier molecular flexibility index (Phi) is 2.72. The monoisotopic (exact) mass is 295 g/mol. The molecule has 1 aromatic rings. The Balaban J connectivity index is 1.79. The van der Waals surface area contributed by atoms with Crippen LogP contribution in [-0.2, 0) is 0 Å². The van der Waals surface area contributed by atoms with Crippen LogP contribution < -0.4 is 5.32 Å². The van der Waals surface area contributed by atoms with Gasteiger partial charge in [-0.25, -0.2) is 0 Å². The van der Waals surface area contributed by atoms with Gasteiger partial charge in [0.15, 0.2) is 0 Å². The van der Waals surface area contributed by atoms with Crippen molar-refractivity contribution in [2.75, 3.05) is 5.32 Å². The van der Waals surface area contributed by atoms with Gasteiger partial charge in [-0.1, -0.05) is 0 Å². The Morgan fingerprint density at radius 2 is 2.24 bits per heavy atom. The molecule has 1 atom stereocenters. The summed E-state index contributed by atoms with van der Waals surface area (Å²) in [5, 5.41) is 3.65. The summed E-state index contributed by atoms with van der Waals surface area (Å²) in [5.74, 6) is 0. The first-order chi connectivity index (χ1) is 8.14. The Morgan fingerprint density at radius 3 is 3.00 bits per heavy atom. The zero-order valence-electron chi connectivity index (χ0n) is 10.2. The van der Waals surface area contributed by atoms with E-state index < -0.39 is 0 Å². The second-order valence-corrected chi connectivity index (χ2v) is 6.79. The number of benzene rings is 1. The molecular weight excluding hydrogens is 277 g/mol. The fourth-order valence-corrected chi connectivity index (χ4v) is 3.86. The van der Waals surface area contributed by atoms with Gasteiger partial charge >= 0.3 is 108 Å². The Bertz CT molecular complexity index is 515. The van der Waals surface area contributed by atoms with Crippen molar-refractivity contribution in [2.24, 2.45) is 13.3 Å². The van der Waals surface area contributed by atoms with Crippen LogP contribution in [0.15, 0.2) is 26.1 Å². The van der Waals surface area contributed by atoms with Crippen LogP contribution >= 0.6 is 0 Å². The summed E-state index contributed by atoms with van der Waals surface area (Å²) in [6.45, 7) is 4.71. The molecule has 0 spiro atoms. The van der Waals surface area contributed by atoms with E-state index in [-0.39, 0.29) is 14.6 Å². The number of rotatable bonds is 2. The van der Waals surface area contributed by atoms with Crippen LogP contribution in [0.1, 0.15) is 33.1 Å². The van der Waals surface area contributed by atoms with Gasteiger partial charge in [-0.3, -0.25) is 0 Å². The number of nitrogens with zero attached hydrogens (tertiary/aromatic N) is 2. The van der Waals surface area contributed by atoms with E-state index in [0.717, 1.165) is 11.4 Å². The topological polar surface area (TPSA) is 36.8 Å². The van der Waals surface area contributed by atoms with E-state index in [4.69, 9.17) is 0 Å². The summed E-state index contributed by atoms with van der Waals surface area (Å²) in [5.41, 5.74) is 3.80. The van der Waals surface area contributed by atoms with E-state index in [9.17, 15) is 0 Å². The fourth-order valence-electron chi connectivity index (χ4n) is 2.70. The summed E-state index contributed by atoms with van der Waals surface area (Å²) in [6.07, 6.45) is 3.82. The van der Waals surface area contributed by atoms with Gasteiger partial charge in [0, 0.05) is 0 Å². The third-order valence-electron chi connectivity index (χ3n) is 3.61. The molecule has 3 rings (SSSR count). The van der Waals surface area contributed by atoms with Gasteiger partial charge < -0.3 is 0 Å². The first-order valence-electron chi connectivity index (χ1n) is 6.12. The van der Waals surface area contributed by atoms with Crippen LogP contribution in [0.25, 0.3) is 0 Å². The van der Waals surface area contributed by atoms with Gasteiger partial charge in [-0.2, -0.15) is 0 Å². The van der Waals surface area contributed by atoms with E-state index >= 15 is 0 Å². The molecule has 1 N–H and O–H groups in total. The van der Waals surface area contributed by atoms with Crippen molar-refractivity contribution in [1.29, 1.82) is 0 Å². The third kappa shape index (κ3) is 2.24. The second-order valence-electron chi connectivity index (χ2n) is 5.69. The van der Waals surface area contributed by atoms with Gasteiger partial charge in [0.25, 0.3) is 0 Å². The summed E-state index contributed by atoms with van der Waals surface area (Å²) < 4.78 is 8.93. The maximum absolute atomic E-state index is 4.51. The molecule has 90 valence electrons. The molecule has 1 saturated carbocycles. The molecule has 17 heavy (non-hydrogen) atoms. The molecule has 1 aliphatic carbocycles. The first-order valence-corrected chi connectivity index (χ1v) is 7.65. The average Bonchev–Trinajstić information content (AvgIpc) is 2.85. The van der Waals surface area contributed by atoms with E-state index in [1.54, 1.807) is 0 Å². The first kappa shape index (κ1) is 11.2. The predicted octanol–water partition coefficient (Wildman–Crippen LogP) is 4.03. The third-order valence-corrected chi connectivity index (χ3v) is 4.75. The van der Waals surface area contributed by atoms with Crippen LogP contribution in [0.5, 0.6) is 0 Å². The summed E-state index contributed by atoms with van der Waals surface area (Å²) in [4.78, 5) is 0. The Labute approximate surface area is 108 Å². The molecule has 3 nitrogen and oxygen atoms in total. The number of nitrogens with one attached hydrogen (secondary N) is 1. The van der Waals surface area contributed by atoms with Crippen molar-refractivity contribution in [2.45, 2.75) is 39.2 Å². The van der Waals surface area contributed by atoms with E-state index in [2.05, 4.69) is 45.3 Å². The minimum atomic E-state index is 0.0645. The van der Waals surface area contributed by atoms with Crippen molar-refractivity contribution in [3.05, 3.63) is 18.2 Å². The van der Waals surface area contributed by atoms with Crippen LogP contribution in [-0.4, -0.2) is 20.6 Å². The van der Waals surface area contributed by atoms with Gasteiger partial charge in [-0.15, -0.1) is 0 Å². The van der Waals surface area contributed by atoms with E-state index in [0.29, 0.717) is 11.5 Å². The standard InChI is InChI=1S/C13H17N3Se/c1-13(2)7-6-9(8-13)14-10-4-3-5-11-12(10)16-17-15-11/h3-5,9,14H,6-8H2,1-2H3. The summed E-state index contributed by atoms with van der Waals surface area (Å²) in [7, 11) is 0. The summed E-state index contributed by atoms with van der Waals surface area (Å²) >= 11 is 0.0645. The van der Waals surface area contributed by atoms with Crippen molar-refractivity contribution in [3.8, 4) is 0 Å². The molecule has 0 bridgehead atoms.